The van der Waals surface area contributed by atoms with Crippen LogP contribution in [0.2, 0.25) is 0 Å². The number of anilines is 1. The number of amides is 2. The molecule has 1 fully saturated rings. The molecule has 0 saturated carbocycles. The van der Waals surface area contributed by atoms with Gasteiger partial charge in [-0.2, -0.15) is 0 Å². The van der Waals surface area contributed by atoms with Crippen molar-refractivity contribution in [3.8, 4) is 11.5 Å². The highest BCUT2D eigenvalue weighted by Crippen LogP contribution is 2.37. The van der Waals surface area contributed by atoms with Crippen LogP contribution in [0.1, 0.15) is 5.56 Å². The van der Waals surface area contributed by atoms with Crippen molar-refractivity contribution in [1.82, 2.24) is 5.43 Å². The lowest BCUT2D eigenvalue weighted by atomic mass is 10.1. The van der Waals surface area contributed by atoms with Gasteiger partial charge < -0.3 is 14.6 Å². The Hall–Kier alpha value is -3.33. The molecule has 2 aromatic rings. The Morgan fingerprint density at radius 2 is 1.96 bits per heavy atom. The van der Waals surface area contributed by atoms with E-state index in [4.69, 9.17) is 14.6 Å². The minimum Gasteiger partial charge on any atom is -0.493 e. The molecule has 0 unspecified atom stereocenters. The maximum absolute atomic E-state index is 12.6. The number of benzene rings is 2. The summed E-state index contributed by atoms with van der Waals surface area (Å²) in [7, 11) is 1.40. The molecule has 0 atom stereocenters. The molecule has 0 radical (unpaired) electrons. The average molecular weight is 447 g/mol. The number of methoxy groups -OCH3 is 1. The summed E-state index contributed by atoms with van der Waals surface area (Å²) in [5, 5.41) is 9.94. The number of hydrogen-bond acceptors (Lipinski definition) is 5. The fourth-order valence-corrected chi connectivity index (χ4v) is 3.15. The Balaban J connectivity index is 1.92. The van der Waals surface area contributed by atoms with Crippen molar-refractivity contribution >= 4 is 45.5 Å². The van der Waals surface area contributed by atoms with E-state index < -0.39 is 24.4 Å². The zero-order chi connectivity index (χ0) is 20.3. The number of ether oxygens (including phenoxy) is 2. The number of para-hydroxylation sites is 1. The zero-order valence-corrected chi connectivity index (χ0v) is 16.2. The van der Waals surface area contributed by atoms with Gasteiger partial charge in [-0.15, -0.1) is 0 Å². The van der Waals surface area contributed by atoms with E-state index in [1.165, 1.54) is 18.2 Å². The number of carbonyl (C=O) groups is 3. The highest BCUT2D eigenvalue weighted by atomic mass is 79.9. The van der Waals surface area contributed by atoms with Gasteiger partial charge in [-0.25, -0.2) is 9.80 Å². The van der Waals surface area contributed by atoms with Gasteiger partial charge in [-0.05, 0) is 51.8 Å². The third-order valence-electron chi connectivity index (χ3n) is 3.81. The summed E-state index contributed by atoms with van der Waals surface area (Å²) in [6, 6.07) is 11.9. The largest absolute Gasteiger partial charge is 0.493 e. The molecule has 1 aliphatic rings. The molecule has 8 nitrogen and oxygen atoms in total. The molecule has 0 spiro atoms. The predicted octanol–water partition coefficient (Wildman–Crippen LogP) is 2.38. The average Bonchev–Trinajstić information content (AvgIpc) is 2.95. The van der Waals surface area contributed by atoms with E-state index in [0.717, 1.165) is 0 Å². The summed E-state index contributed by atoms with van der Waals surface area (Å²) in [5.74, 6) is -1.68. The summed E-state index contributed by atoms with van der Waals surface area (Å²) >= 11 is 3.29. The first kappa shape index (κ1) is 19.4. The summed E-state index contributed by atoms with van der Waals surface area (Å²) in [5.41, 5.74) is 3.52. The fourth-order valence-electron chi connectivity index (χ4n) is 2.58. The van der Waals surface area contributed by atoms with Crippen LogP contribution < -0.4 is 19.9 Å². The van der Waals surface area contributed by atoms with Crippen LogP contribution in [0.5, 0.6) is 11.5 Å². The highest BCUT2D eigenvalue weighted by Gasteiger charge is 2.34. The van der Waals surface area contributed by atoms with Gasteiger partial charge in [-0.3, -0.25) is 15.0 Å². The van der Waals surface area contributed by atoms with Crippen LogP contribution in [0.3, 0.4) is 0 Å². The Labute approximate surface area is 168 Å². The van der Waals surface area contributed by atoms with Gasteiger partial charge in [0.2, 0.25) is 0 Å². The first-order valence-electron chi connectivity index (χ1n) is 8.05. The van der Waals surface area contributed by atoms with E-state index in [-0.39, 0.29) is 17.1 Å². The number of carbonyl (C=O) groups excluding carboxylic acids is 2. The monoisotopic (exact) mass is 446 g/mol. The molecule has 144 valence electrons. The van der Waals surface area contributed by atoms with Crippen molar-refractivity contribution in [2.75, 3.05) is 18.7 Å². The van der Waals surface area contributed by atoms with E-state index in [1.807, 2.05) is 0 Å². The number of rotatable bonds is 6. The van der Waals surface area contributed by atoms with Gasteiger partial charge in [-0.1, -0.05) is 18.2 Å². The molecular weight excluding hydrogens is 432 g/mol. The molecule has 0 bridgehead atoms. The topological polar surface area (TPSA) is 105 Å². The second kappa shape index (κ2) is 8.13. The lowest BCUT2D eigenvalue weighted by molar-refractivity contribution is -0.139. The van der Waals surface area contributed by atoms with Gasteiger partial charge in [0.15, 0.2) is 18.1 Å². The van der Waals surface area contributed by atoms with Crippen LogP contribution >= 0.6 is 15.9 Å². The Morgan fingerprint density at radius 3 is 2.61 bits per heavy atom. The molecule has 2 aromatic carbocycles. The third-order valence-corrected chi connectivity index (χ3v) is 4.40. The van der Waals surface area contributed by atoms with Crippen molar-refractivity contribution in [1.29, 1.82) is 0 Å². The van der Waals surface area contributed by atoms with Crippen LogP contribution in [0.4, 0.5) is 5.69 Å². The second-order valence-corrected chi connectivity index (χ2v) is 6.55. The van der Waals surface area contributed by atoms with Crippen molar-refractivity contribution in [3.05, 3.63) is 58.1 Å². The van der Waals surface area contributed by atoms with E-state index in [2.05, 4.69) is 21.4 Å². The Bertz CT molecular complexity index is 974. The minimum atomic E-state index is -1.13. The number of carboxylic acid groups (broad SMARTS) is 1. The maximum atomic E-state index is 12.6. The van der Waals surface area contributed by atoms with E-state index in [1.54, 1.807) is 42.5 Å². The quantitative estimate of drug-likeness (QED) is 0.521. The lowest BCUT2D eigenvalue weighted by Gasteiger charge is -2.14. The van der Waals surface area contributed by atoms with Gasteiger partial charge in [0.05, 0.1) is 17.3 Å². The predicted molar refractivity (Wildman–Crippen MR) is 104 cm³/mol. The SMILES string of the molecule is COc1cc(C=C2C(=O)NN(c3ccccc3)C2=O)cc(Br)c1OCC(=O)O. The van der Waals surface area contributed by atoms with Crippen molar-refractivity contribution in [3.63, 3.8) is 0 Å². The molecule has 0 aromatic heterocycles. The number of aliphatic carboxylic acids is 1. The third kappa shape index (κ3) is 3.99. The number of nitrogens with zero attached hydrogens (tertiary/aromatic N) is 1. The molecule has 1 aliphatic heterocycles. The molecule has 1 heterocycles. The van der Waals surface area contributed by atoms with Gasteiger partial charge in [0.1, 0.15) is 5.57 Å². The van der Waals surface area contributed by atoms with E-state index in [0.29, 0.717) is 15.7 Å². The summed E-state index contributed by atoms with van der Waals surface area (Å²) < 4.78 is 10.9. The molecule has 0 aliphatic carbocycles. The summed E-state index contributed by atoms with van der Waals surface area (Å²) in [4.78, 5) is 35.7. The van der Waals surface area contributed by atoms with E-state index >= 15 is 0 Å². The Kier molecular flexibility index (Phi) is 5.65. The number of nitrogens with one attached hydrogen (secondary N) is 1. The summed E-state index contributed by atoms with van der Waals surface area (Å²) in [6.45, 7) is -0.539. The first-order chi connectivity index (χ1) is 13.4. The first-order valence-corrected chi connectivity index (χ1v) is 8.84. The van der Waals surface area contributed by atoms with E-state index in [9.17, 15) is 14.4 Å². The van der Waals surface area contributed by atoms with Crippen LogP contribution in [0.25, 0.3) is 6.08 Å². The second-order valence-electron chi connectivity index (χ2n) is 5.69. The molecule has 2 N–H and O–H groups in total. The number of carboxylic acids is 1. The smallest absolute Gasteiger partial charge is 0.341 e. The maximum Gasteiger partial charge on any atom is 0.341 e. The van der Waals surface area contributed by atoms with Gasteiger partial charge in [0, 0.05) is 0 Å². The summed E-state index contributed by atoms with van der Waals surface area (Å²) in [6.07, 6.45) is 1.43. The molecule has 9 heteroatoms. The Morgan fingerprint density at radius 1 is 1.25 bits per heavy atom. The number of hydrazine groups is 1. The van der Waals surface area contributed by atoms with Crippen LogP contribution in [-0.4, -0.2) is 36.6 Å². The van der Waals surface area contributed by atoms with Crippen LogP contribution in [-0.2, 0) is 14.4 Å². The zero-order valence-electron chi connectivity index (χ0n) is 14.6. The minimum absolute atomic E-state index is 0.0444. The van der Waals surface area contributed by atoms with Crippen molar-refractivity contribution in [2.45, 2.75) is 0 Å². The molecule has 2 amide bonds. The molecule has 1 saturated heterocycles. The molecule has 28 heavy (non-hydrogen) atoms. The van der Waals surface area contributed by atoms with Crippen LogP contribution in [0.15, 0.2) is 52.5 Å². The molecular formula is C19H15BrN2O6. The normalized spacial score (nSPS) is 14.9. The van der Waals surface area contributed by atoms with Crippen molar-refractivity contribution < 1.29 is 29.0 Å². The number of hydrogen-bond donors (Lipinski definition) is 2. The standard InChI is InChI=1S/C19H15BrN2O6/c1-27-15-9-11(8-14(20)17(15)28-10-16(23)24)7-13-18(25)21-22(19(13)26)12-5-3-2-4-6-12/h2-9H,10H2,1H3,(H,21,25)(H,23,24). The van der Waals surface area contributed by atoms with Gasteiger partial charge in [0.25, 0.3) is 11.8 Å². The highest BCUT2D eigenvalue weighted by molar-refractivity contribution is 9.10. The van der Waals surface area contributed by atoms with Crippen molar-refractivity contribution in [2.24, 2.45) is 0 Å². The lowest BCUT2D eigenvalue weighted by Crippen LogP contribution is -2.35. The van der Waals surface area contributed by atoms with Gasteiger partial charge >= 0.3 is 5.97 Å². The molecule has 3 rings (SSSR count). The van der Waals surface area contributed by atoms with Crippen LogP contribution in [0, 0.1) is 0 Å². The number of halogens is 1. The fraction of sp³-hybridized carbons (Fsp3) is 0.105.